The van der Waals surface area contributed by atoms with Gasteiger partial charge in [-0.3, -0.25) is 9.59 Å². The van der Waals surface area contributed by atoms with E-state index in [4.69, 9.17) is 21.4 Å². The van der Waals surface area contributed by atoms with Gasteiger partial charge in [-0.2, -0.15) is 5.10 Å². The molecule has 5 aromatic rings. The Labute approximate surface area is 224 Å². The molecule has 1 unspecified atom stereocenters. The van der Waals surface area contributed by atoms with Crippen LogP contribution >= 0.6 is 11.6 Å². The van der Waals surface area contributed by atoms with Crippen molar-refractivity contribution in [2.45, 2.75) is 19.4 Å². The summed E-state index contributed by atoms with van der Waals surface area (Å²) in [4.78, 5) is 29.5. The molecule has 0 radical (unpaired) electrons. The number of nitrogens with zero attached hydrogens (tertiary/aromatic N) is 2. The maximum absolute atomic E-state index is 13.6. The number of methoxy groups -OCH3 is 1. The molecule has 0 aliphatic carbocycles. The van der Waals surface area contributed by atoms with Gasteiger partial charge in [0.2, 0.25) is 5.91 Å². The van der Waals surface area contributed by atoms with Crippen LogP contribution in [0.15, 0.2) is 94.8 Å². The van der Waals surface area contributed by atoms with Crippen molar-refractivity contribution in [3.05, 3.63) is 111 Å². The number of fused-ring (bicyclic) bond motifs is 2. The lowest BCUT2D eigenvalue weighted by atomic mass is 9.90. The average molecular weight is 522 g/mol. The number of carbonyl (C=O) groups is 1. The number of carbonyl (C=O) groups excluding carboxylic acids is 1. The fourth-order valence-electron chi connectivity index (χ4n) is 5.41. The largest absolute Gasteiger partial charge is 0.496 e. The quantitative estimate of drug-likeness (QED) is 0.285. The van der Waals surface area contributed by atoms with Gasteiger partial charge in [0, 0.05) is 34.7 Å². The summed E-state index contributed by atoms with van der Waals surface area (Å²) in [5.74, 6) is 0.559. The summed E-state index contributed by atoms with van der Waals surface area (Å²) in [6, 6.07) is 26.7. The Kier molecular flexibility index (Phi) is 5.97. The Bertz CT molecular complexity index is 1810. The SMILES string of the molecule is COc1ccc(C2CC(c3c(-c4ccccc4)c4ccc(Cl)cc4[nH]c3=O)=NN2C(C)=O)c2ccccc12. The second kappa shape index (κ2) is 9.47. The molecule has 6 nitrogen and oxygen atoms in total. The van der Waals surface area contributed by atoms with Gasteiger partial charge < -0.3 is 9.72 Å². The standard InChI is InChI=1S/C31H24ClN3O3/c1-18(36)35-27(22-14-15-28(38-2)23-11-7-6-10-21(22)23)17-26(34-35)30-29(19-8-4-3-5-9-19)24-13-12-20(32)16-25(24)33-31(30)37/h3-16,27H,17H2,1-2H3,(H,33,37). The van der Waals surface area contributed by atoms with Gasteiger partial charge in [0.1, 0.15) is 5.75 Å². The topological polar surface area (TPSA) is 74.8 Å². The van der Waals surface area contributed by atoms with Crippen LogP contribution in [0, 0.1) is 0 Å². The summed E-state index contributed by atoms with van der Waals surface area (Å²) in [7, 11) is 1.64. The van der Waals surface area contributed by atoms with Gasteiger partial charge in [0.15, 0.2) is 0 Å². The molecule has 0 saturated heterocycles. The predicted molar refractivity (Wildman–Crippen MR) is 152 cm³/mol. The number of hydrogen-bond acceptors (Lipinski definition) is 4. The summed E-state index contributed by atoms with van der Waals surface area (Å²) in [6.07, 6.45) is 0.387. The van der Waals surface area contributed by atoms with Gasteiger partial charge in [-0.1, -0.05) is 78.3 Å². The molecule has 1 N–H and O–H groups in total. The second-order valence-electron chi connectivity index (χ2n) is 9.29. The molecular weight excluding hydrogens is 498 g/mol. The molecule has 38 heavy (non-hydrogen) atoms. The summed E-state index contributed by atoms with van der Waals surface area (Å²) < 4.78 is 5.58. The second-order valence-corrected chi connectivity index (χ2v) is 9.73. The Morgan fingerprint density at radius 3 is 2.42 bits per heavy atom. The molecule has 7 heteroatoms. The van der Waals surface area contributed by atoms with Crippen molar-refractivity contribution in [2.75, 3.05) is 7.11 Å². The van der Waals surface area contributed by atoms with Crippen LogP contribution < -0.4 is 10.3 Å². The number of halogens is 1. The number of aromatic nitrogens is 1. The van der Waals surface area contributed by atoms with Crippen LogP contribution in [0.3, 0.4) is 0 Å². The maximum Gasteiger partial charge on any atom is 0.258 e. The number of H-pyrrole nitrogens is 1. The van der Waals surface area contributed by atoms with Crippen LogP contribution in [0.5, 0.6) is 5.75 Å². The first-order valence-corrected chi connectivity index (χ1v) is 12.7. The van der Waals surface area contributed by atoms with E-state index in [1.807, 2.05) is 78.9 Å². The lowest BCUT2D eigenvalue weighted by Gasteiger charge is -2.22. The van der Waals surface area contributed by atoms with Gasteiger partial charge in [-0.25, -0.2) is 5.01 Å². The first-order valence-electron chi connectivity index (χ1n) is 12.3. The minimum atomic E-state index is -0.373. The maximum atomic E-state index is 13.6. The van der Waals surface area contributed by atoms with Crippen molar-refractivity contribution in [2.24, 2.45) is 5.10 Å². The highest BCUT2D eigenvalue weighted by molar-refractivity contribution is 6.31. The Hall–Kier alpha value is -4.42. The number of ether oxygens (including phenoxy) is 1. The highest BCUT2D eigenvalue weighted by Crippen LogP contribution is 2.40. The fraction of sp³-hybridized carbons (Fsp3) is 0.129. The van der Waals surface area contributed by atoms with Crippen LogP contribution in [0.2, 0.25) is 5.02 Å². The summed E-state index contributed by atoms with van der Waals surface area (Å²) in [6.45, 7) is 1.50. The van der Waals surface area contributed by atoms with Gasteiger partial charge in [-0.15, -0.1) is 0 Å². The Morgan fingerprint density at radius 2 is 1.68 bits per heavy atom. The van der Waals surface area contributed by atoms with E-state index in [-0.39, 0.29) is 17.5 Å². The van der Waals surface area contributed by atoms with E-state index in [9.17, 15) is 9.59 Å². The van der Waals surface area contributed by atoms with Crippen molar-refractivity contribution in [3.8, 4) is 16.9 Å². The van der Waals surface area contributed by atoms with Gasteiger partial charge in [0.25, 0.3) is 5.56 Å². The van der Waals surface area contributed by atoms with Gasteiger partial charge in [-0.05, 0) is 34.7 Å². The van der Waals surface area contributed by atoms with Crippen molar-refractivity contribution in [3.63, 3.8) is 0 Å². The number of hydrazone groups is 1. The summed E-state index contributed by atoms with van der Waals surface area (Å²) >= 11 is 6.25. The number of hydrogen-bond donors (Lipinski definition) is 1. The lowest BCUT2D eigenvalue weighted by molar-refractivity contribution is -0.130. The predicted octanol–water partition coefficient (Wildman–Crippen LogP) is 6.71. The van der Waals surface area contributed by atoms with E-state index in [0.29, 0.717) is 28.2 Å². The number of benzene rings is 4. The smallest absolute Gasteiger partial charge is 0.258 e. The van der Waals surface area contributed by atoms with Crippen molar-refractivity contribution in [1.82, 2.24) is 9.99 Å². The normalized spacial score (nSPS) is 15.2. The zero-order valence-corrected chi connectivity index (χ0v) is 21.6. The number of pyridine rings is 1. The van der Waals surface area contributed by atoms with E-state index >= 15 is 0 Å². The number of rotatable bonds is 4. The zero-order chi connectivity index (χ0) is 26.4. The lowest BCUT2D eigenvalue weighted by Crippen LogP contribution is -2.24. The number of nitrogens with one attached hydrogen (secondary N) is 1. The van der Waals surface area contributed by atoms with E-state index in [2.05, 4.69) is 4.98 Å². The third kappa shape index (κ3) is 3.94. The molecule has 1 atom stereocenters. The van der Waals surface area contributed by atoms with Crippen LogP contribution in [0.1, 0.15) is 30.5 Å². The molecule has 188 valence electrons. The summed E-state index contributed by atoms with van der Waals surface area (Å²) in [5, 5.41) is 9.57. The Morgan fingerprint density at radius 1 is 0.947 bits per heavy atom. The fourth-order valence-corrected chi connectivity index (χ4v) is 5.58. The van der Waals surface area contributed by atoms with Crippen molar-refractivity contribution < 1.29 is 9.53 Å². The van der Waals surface area contributed by atoms with E-state index in [1.165, 1.54) is 11.9 Å². The monoisotopic (exact) mass is 521 g/mol. The van der Waals surface area contributed by atoms with Gasteiger partial charge >= 0.3 is 0 Å². The molecule has 0 bridgehead atoms. The summed E-state index contributed by atoms with van der Waals surface area (Å²) in [5.41, 5.74) is 3.98. The van der Waals surface area contributed by atoms with E-state index in [0.717, 1.165) is 38.6 Å². The molecule has 0 spiro atoms. The molecule has 0 fully saturated rings. The first kappa shape index (κ1) is 23.9. The van der Waals surface area contributed by atoms with Crippen LogP contribution in [0.25, 0.3) is 32.8 Å². The first-order chi connectivity index (χ1) is 18.5. The molecule has 1 aromatic heterocycles. The molecule has 1 aliphatic rings. The number of aromatic amines is 1. The minimum absolute atomic E-state index is 0.199. The molecule has 4 aromatic carbocycles. The highest BCUT2D eigenvalue weighted by atomic mass is 35.5. The molecule has 1 aliphatic heterocycles. The van der Waals surface area contributed by atoms with Crippen LogP contribution in [-0.4, -0.2) is 28.7 Å². The van der Waals surface area contributed by atoms with Crippen LogP contribution in [0.4, 0.5) is 0 Å². The minimum Gasteiger partial charge on any atom is -0.496 e. The van der Waals surface area contributed by atoms with E-state index in [1.54, 1.807) is 13.2 Å². The molecular formula is C31H24ClN3O3. The molecule has 6 rings (SSSR count). The zero-order valence-electron chi connectivity index (χ0n) is 20.9. The van der Waals surface area contributed by atoms with Crippen molar-refractivity contribution in [1.29, 1.82) is 0 Å². The third-order valence-corrected chi connectivity index (χ3v) is 7.29. The van der Waals surface area contributed by atoms with E-state index < -0.39 is 0 Å². The molecule has 0 saturated carbocycles. The average Bonchev–Trinajstić information content (AvgIpc) is 3.37. The van der Waals surface area contributed by atoms with Gasteiger partial charge in [0.05, 0.1) is 29.9 Å². The third-order valence-electron chi connectivity index (χ3n) is 7.06. The number of amides is 1. The Balaban J connectivity index is 1.56. The molecule has 1 amide bonds. The van der Waals surface area contributed by atoms with Crippen molar-refractivity contribution >= 4 is 44.9 Å². The van der Waals surface area contributed by atoms with Crippen LogP contribution in [-0.2, 0) is 4.79 Å². The highest BCUT2D eigenvalue weighted by Gasteiger charge is 2.35. The molecule has 2 heterocycles.